The van der Waals surface area contributed by atoms with Crippen molar-refractivity contribution in [2.45, 2.75) is 6.92 Å². The van der Waals surface area contributed by atoms with Crippen LogP contribution in [0.1, 0.15) is 16.1 Å². The first-order chi connectivity index (χ1) is 13.9. The Kier molecular flexibility index (Phi) is 5.08. The van der Waals surface area contributed by atoms with Gasteiger partial charge in [0.15, 0.2) is 11.4 Å². The third-order valence-electron chi connectivity index (χ3n) is 4.24. The lowest BCUT2D eigenvalue weighted by molar-refractivity contribution is 0.102. The molecule has 0 aliphatic heterocycles. The van der Waals surface area contributed by atoms with Crippen LogP contribution < -0.4 is 10.1 Å². The van der Waals surface area contributed by atoms with E-state index in [2.05, 4.69) is 20.4 Å². The highest BCUT2D eigenvalue weighted by Crippen LogP contribution is 2.33. The van der Waals surface area contributed by atoms with E-state index in [1.165, 1.54) is 18.5 Å². The van der Waals surface area contributed by atoms with Gasteiger partial charge >= 0.3 is 0 Å². The zero-order valence-electron chi connectivity index (χ0n) is 15.5. The molecule has 3 heterocycles. The molecule has 9 heteroatoms. The Morgan fingerprint density at radius 3 is 2.72 bits per heavy atom. The van der Waals surface area contributed by atoms with E-state index < -0.39 is 0 Å². The zero-order valence-corrected chi connectivity index (χ0v) is 17.0. The van der Waals surface area contributed by atoms with Gasteiger partial charge in [-0.3, -0.25) is 9.48 Å². The fourth-order valence-corrected chi connectivity index (χ4v) is 3.29. The summed E-state index contributed by atoms with van der Waals surface area (Å²) in [7, 11) is 1.81. The number of para-hydroxylation sites is 2. The Bertz CT molecular complexity index is 1240. The van der Waals surface area contributed by atoms with Crippen molar-refractivity contribution < 1.29 is 9.53 Å². The third-order valence-corrected chi connectivity index (χ3v) is 4.72. The molecule has 4 aromatic rings. The maximum absolute atomic E-state index is 12.8. The molecular weight excluding hydrogens is 413 g/mol. The number of carbonyl (C=O) groups excluding carboxylic acids is 1. The van der Waals surface area contributed by atoms with E-state index in [1.54, 1.807) is 35.0 Å². The molecule has 1 N–H and O–H groups in total. The van der Waals surface area contributed by atoms with Gasteiger partial charge in [-0.15, -0.1) is 0 Å². The molecule has 1 amide bonds. The molecule has 7 nitrogen and oxygen atoms in total. The van der Waals surface area contributed by atoms with Crippen molar-refractivity contribution in [1.82, 2.24) is 19.7 Å². The molecule has 0 saturated heterocycles. The predicted molar refractivity (Wildman–Crippen MR) is 112 cm³/mol. The SMILES string of the molecule is Cc1nn(C)c2ncc(C(=O)Nc3ccccc3Oc3ncc(Cl)cc3Cl)cc12. The molecular formula is C20H15Cl2N5O2. The number of aryl methyl sites for hydroxylation is 2. The highest BCUT2D eigenvalue weighted by molar-refractivity contribution is 6.35. The minimum absolute atomic E-state index is 0.187. The number of benzene rings is 1. The molecule has 1 aromatic carbocycles. The second-order valence-electron chi connectivity index (χ2n) is 6.30. The molecule has 0 atom stereocenters. The number of amides is 1. The minimum atomic E-state index is -0.325. The third kappa shape index (κ3) is 3.87. The van der Waals surface area contributed by atoms with E-state index in [9.17, 15) is 4.79 Å². The first-order valence-electron chi connectivity index (χ1n) is 8.61. The van der Waals surface area contributed by atoms with Gasteiger partial charge in [-0.05, 0) is 31.2 Å². The van der Waals surface area contributed by atoms with Crippen LogP contribution >= 0.6 is 23.2 Å². The Balaban J connectivity index is 1.61. The van der Waals surface area contributed by atoms with Gasteiger partial charge in [-0.2, -0.15) is 5.10 Å². The van der Waals surface area contributed by atoms with Crippen LogP contribution in [0.2, 0.25) is 10.0 Å². The fraction of sp³-hybridized carbons (Fsp3) is 0.100. The molecule has 0 saturated carbocycles. The molecule has 0 aliphatic carbocycles. The van der Waals surface area contributed by atoms with Crippen LogP contribution in [0.25, 0.3) is 11.0 Å². The van der Waals surface area contributed by atoms with Gasteiger partial charge in [0, 0.05) is 24.8 Å². The Hall–Kier alpha value is -3.16. The van der Waals surface area contributed by atoms with Crippen molar-refractivity contribution in [2.24, 2.45) is 7.05 Å². The summed E-state index contributed by atoms with van der Waals surface area (Å²) in [6.45, 7) is 1.87. The average Bonchev–Trinajstić information content (AvgIpc) is 2.98. The molecule has 3 aromatic heterocycles. The summed E-state index contributed by atoms with van der Waals surface area (Å²) in [5.74, 6) is 0.255. The average molecular weight is 428 g/mol. The maximum atomic E-state index is 12.8. The van der Waals surface area contributed by atoms with Gasteiger partial charge in [0.1, 0.15) is 5.02 Å². The number of nitrogens with one attached hydrogen (secondary N) is 1. The highest BCUT2D eigenvalue weighted by atomic mass is 35.5. The molecule has 0 unspecified atom stereocenters. The van der Waals surface area contributed by atoms with Crippen molar-refractivity contribution in [3.05, 3.63) is 70.1 Å². The molecule has 146 valence electrons. The van der Waals surface area contributed by atoms with Crippen LogP contribution in [-0.4, -0.2) is 25.7 Å². The second kappa shape index (κ2) is 7.69. The monoisotopic (exact) mass is 427 g/mol. The van der Waals surface area contributed by atoms with Crippen LogP contribution in [0, 0.1) is 6.92 Å². The van der Waals surface area contributed by atoms with E-state index >= 15 is 0 Å². The minimum Gasteiger partial charge on any atom is -0.435 e. The predicted octanol–water partition coefficient (Wildman–Crippen LogP) is 5.02. The lowest BCUT2D eigenvalue weighted by Gasteiger charge is -2.12. The van der Waals surface area contributed by atoms with E-state index in [4.69, 9.17) is 27.9 Å². The van der Waals surface area contributed by atoms with Gasteiger partial charge in [-0.25, -0.2) is 9.97 Å². The standard InChI is InChI=1S/C20H15Cl2N5O2/c1-11-14-7-12(9-23-18(14)27(2)26-11)19(28)25-16-5-3-4-6-17(16)29-20-15(22)8-13(21)10-24-20/h3-10H,1-2H3,(H,25,28). The number of rotatable bonds is 4. The topological polar surface area (TPSA) is 81.9 Å². The van der Waals surface area contributed by atoms with Crippen molar-refractivity contribution >= 4 is 45.8 Å². The number of aromatic nitrogens is 4. The molecule has 0 aliphatic rings. The highest BCUT2D eigenvalue weighted by Gasteiger charge is 2.15. The number of anilines is 1. The Morgan fingerprint density at radius 2 is 1.93 bits per heavy atom. The van der Waals surface area contributed by atoms with Crippen molar-refractivity contribution in [3.63, 3.8) is 0 Å². The first-order valence-corrected chi connectivity index (χ1v) is 9.36. The summed E-state index contributed by atoms with van der Waals surface area (Å²) in [6.07, 6.45) is 2.95. The fourth-order valence-electron chi connectivity index (χ4n) is 2.87. The number of pyridine rings is 2. The lowest BCUT2D eigenvalue weighted by Crippen LogP contribution is -2.13. The Morgan fingerprint density at radius 1 is 1.14 bits per heavy atom. The van der Waals surface area contributed by atoms with Crippen LogP contribution in [0.5, 0.6) is 11.6 Å². The number of halogens is 2. The summed E-state index contributed by atoms with van der Waals surface area (Å²) < 4.78 is 7.46. The van der Waals surface area contributed by atoms with E-state index in [0.717, 1.165) is 11.1 Å². The number of fused-ring (bicyclic) bond motifs is 1. The molecule has 0 radical (unpaired) electrons. The first kappa shape index (κ1) is 19.2. The van der Waals surface area contributed by atoms with E-state index in [0.29, 0.717) is 27.7 Å². The van der Waals surface area contributed by atoms with E-state index in [1.807, 2.05) is 14.0 Å². The quantitative estimate of drug-likeness (QED) is 0.494. The summed E-state index contributed by atoms with van der Waals surface area (Å²) >= 11 is 12.0. The maximum Gasteiger partial charge on any atom is 0.257 e. The summed E-state index contributed by atoms with van der Waals surface area (Å²) in [5.41, 5.74) is 2.39. The molecule has 0 fully saturated rings. The van der Waals surface area contributed by atoms with Gasteiger partial charge in [0.25, 0.3) is 5.91 Å². The smallest absolute Gasteiger partial charge is 0.257 e. The van der Waals surface area contributed by atoms with Crippen molar-refractivity contribution in [2.75, 3.05) is 5.32 Å². The normalized spacial score (nSPS) is 10.9. The van der Waals surface area contributed by atoms with Gasteiger partial charge in [0.2, 0.25) is 5.88 Å². The number of nitrogens with zero attached hydrogens (tertiary/aromatic N) is 4. The van der Waals surface area contributed by atoms with Crippen LogP contribution in [0.3, 0.4) is 0 Å². The summed E-state index contributed by atoms with van der Waals surface area (Å²) in [4.78, 5) is 21.2. The van der Waals surface area contributed by atoms with Gasteiger partial charge in [-0.1, -0.05) is 35.3 Å². The largest absolute Gasteiger partial charge is 0.435 e. The number of carbonyl (C=O) groups is 1. The second-order valence-corrected chi connectivity index (χ2v) is 7.14. The number of ether oxygens (including phenoxy) is 1. The zero-order chi connectivity index (χ0) is 20.5. The molecule has 29 heavy (non-hydrogen) atoms. The summed E-state index contributed by atoms with van der Waals surface area (Å²) in [6, 6.07) is 10.3. The Labute approximate surface area is 176 Å². The van der Waals surface area contributed by atoms with Crippen LogP contribution in [0.4, 0.5) is 5.69 Å². The number of hydrogen-bond donors (Lipinski definition) is 1. The van der Waals surface area contributed by atoms with E-state index in [-0.39, 0.29) is 16.8 Å². The molecule has 0 bridgehead atoms. The van der Waals surface area contributed by atoms with Gasteiger partial charge in [0.05, 0.1) is 22.0 Å². The molecule has 4 rings (SSSR count). The van der Waals surface area contributed by atoms with Crippen molar-refractivity contribution in [1.29, 1.82) is 0 Å². The van der Waals surface area contributed by atoms with Crippen LogP contribution in [0.15, 0.2) is 48.8 Å². The molecule has 0 spiro atoms. The lowest BCUT2D eigenvalue weighted by atomic mass is 10.2. The summed E-state index contributed by atoms with van der Waals surface area (Å²) in [5, 5.41) is 8.65. The van der Waals surface area contributed by atoms with Crippen LogP contribution in [-0.2, 0) is 7.05 Å². The van der Waals surface area contributed by atoms with Crippen molar-refractivity contribution in [3.8, 4) is 11.6 Å². The van der Waals surface area contributed by atoms with Gasteiger partial charge < -0.3 is 10.1 Å². The number of hydrogen-bond acceptors (Lipinski definition) is 5.